The van der Waals surface area contributed by atoms with Crippen molar-refractivity contribution in [2.24, 2.45) is 5.92 Å². The topological polar surface area (TPSA) is 12.0 Å². The van der Waals surface area contributed by atoms with Crippen molar-refractivity contribution in [3.05, 3.63) is 34.3 Å². The van der Waals surface area contributed by atoms with Crippen LogP contribution >= 0.6 is 15.9 Å². The van der Waals surface area contributed by atoms with E-state index < -0.39 is 0 Å². The van der Waals surface area contributed by atoms with Crippen LogP contribution in [0.15, 0.2) is 28.7 Å². The largest absolute Gasteiger partial charge is 0.307 e. The maximum atomic E-state index is 3.66. The fourth-order valence-electron chi connectivity index (χ4n) is 1.97. The molecule has 0 amide bonds. The predicted octanol–water partition coefficient (Wildman–Crippen LogP) is 3.90. The fourth-order valence-corrected chi connectivity index (χ4v) is 2.24. The van der Waals surface area contributed by atoms with Crippen molar-refractivity contribution >= 4 is 15.9 Å². The summed E-state index contributed by atoms with van der Waals surface area (Å²) in [5.74, 6) is 0.919. The molecule has 0 spiro atoms. The van der Waals surface area contributed by atoms with Crippen molar-refractivity contribution in [3.63, 3.8) is 0 Å². The first-order valence-corrected chi connectivity index (χ1v) is 6.47. The van der Waals surface area contributed by atoms with Crippen LogP contribution in [0, 0.1) is 5.92 Å². The summed E-state index contributed by atoms with van der Waals surface area (Å²) in [6.07, 6.45) is 2.81. The molecule has 15 heavy (non-hydrogen) atoms. The van der Waals surface area contributed by atoms with E-state index >= 15 is 0 Å². The van der Waals surface area contributed by atoms with Crippen molar-refractivity contribution in [3.8, 4) is 0 Å². The molecule has 0 heterocycles. The van der Waals surface area contributed by atoms with Gasteiger partial charge in [-0.05, 0) is 50.3 Å². The van der Waals surface area contributed by atoms with Gasteiger partial charge in [-0.2, -0.15) is 0 Å². The fraction of sp³-hybridized carbons (Fsp3) is 0.538. The minimum Gasteiger partial charge on any atom is -0.307 e. The molecule has 0 aromatic heterocycles. The summed E-state index contributed by atoms with van der Waals surface area (Å²) in [7, 11) is 0. The minimum atomic E-state index is 0.452. The molecule has 2 heteroatoms. The molecule has 1 aliphatic rings. The number of hydrogen-bond acceptors (Lipinski definition) is 1. The summed E-state index contributed by atoms with van der Waals surface area (Å²) >= 11 is 3.46. The van der Waals surface area contributed by atoms with E-state index in [2.05, 4.69) is 59.4 Å². The molecule has 1 aromatic rings. The number of benzene rings is 1. The lowest BCUT2D eigenvalue weighted by atomic mass is 10.1. The summed E-state index contributed by atoms with van der Waals surface area (Å²) in [5, 5.41) is 3.66. The second-order valence-corrected chi connectivity index (χ2v) is 5.48. The summed E-state index contributed by atoms with van der Waals surface area (Å²) in [4.78, 5) is 0. The van der Waals surface area contributed by atoms with Gasteiger partial charge in [0.15, 0.2) is 0 Å². The van der Waals surface area contributed by atoms with Gasteiger partial charge in [-0.3, -0.25) is 0 Å². The van der Waals surface area contributed by atoms with Gasteiger partial charge in [-0.15, -0.1) is 0 Å². The molecule has 0 aliphatic heterocycles. The van der Waals surface area contributed by atoms with Gasteiger partial charge in [0.25, 0.3) is 0 Å². The molecule has 0 bridgehead atoms. The molecule has 0 radical (unpaired) electrons. The number of nitrogens with one attached hydrogen (secondary N) is 1. The van der Waals surface area contributed by atoms with E-state index in [9.17, 15) is 0 Å². The van der Waals surface area contributed by atoms with Crippen molar-refractivity contribution < 1.29 is 0 Å². The van der Waals surface area contributed by atoms with Crippen LogP contribution < -0.4 is 5.32 Å². The van der Waals surface area contributed by atoms with Gasteiger partial charge in [-0.25, -0.2) is 0 Å². The van der Waals surface area contributed by atoms with Crippen LogP contribution in [-0.2, 0) is 0 Å². The van der Waals surface area contributed by atoms with Crippen LogP contribution in [0.2, 0.25) is 0 Å². The van der Waals surface area contributed by atoms with Crippen molar-refractivity contribution in [1.82, 2.24) is 5.32 Å². The molecular weight excluding hydrogens is 250 g/mol. The van der Waals surface area contributed by atoms with Gasteiger partial charge in [0, 0.05) is 16.6 Å². The highest BCUT2D eigenvalue weighted by Crippen LogP contribution is 2.33. The highest BCUT2D eigenvalue weighted by Gasteiger charge is 2.28. The Morgan fingerprint density at radius 2 is 1.80 bits per heavy atom. The van der Waals surface area contributed by atoms with E-state index in [-0.39, 0.29) is 0 Å². The summed E-state index contributed by atoms with van der Waals surface area (Å²) in [6, 6.07) is 9.69. The predicted molar refractivity (Wildman–Crippen MR) is 67.9 cm³/mol. The maximum absolute atomic E-state index is 3.66. The number of halogens is 1. The molecule has 1 aliphatic carbocycles. The zero-order valence-corrected chi connectivity index (χ0v) is 10.9. The molecule has 82 valence electrons. The molecule has 2 rings (SSSR count). The summed E-state index contributed by atoms with van der Waals surface area (Å²) in [5.41, 5.74) is 1.37. The van der Waals surface area contributed by atoms with Gasteiger partial charge in [-0.1, -0.05) is 28.1 Å². The highest BCUT2D eigenvalue weighted by atomic mass is 79.9. The smallest absolute Gasteiger partial charge is 0.0294 e. The zero-order valence-electron chi connectivity index (χ0n) is 9.33. The molecule has 1 aromatic carbocycles. The van der Waals surface area contributed by atoms with Crippen LogP contribution in [-0.4, -0.2) is 6.04 Å². The average molecular weight is 268 g/mol. The van der Waals surface area contributed by atoms with Crippen LogP contribution in [0.3, 0.4) is 0 Å². The Kier molecular flexibility index (Phi) is 3.47. The normalized spacial score (nSPS) is 19.9. The first kappa shape index (κ1) is 11.2. The molecule has 1 nitrogen and oxygen atoms in total. The molecule has 0 saturated heterocycles. The van der Waals surface area contributed by atoms with Gasteiger partial charge in [0.1, 0.15) is 0 Å². The van der Waals surface area contributed by atoms with E-state index in [0.29, 0.717) is 12.1 Å². The molecule has 1 saturated carbocycles. The van der Waals surface area contributed by atoms with Crippen LogP contribution in [0.1, 0.15) is 38.3 Å². The van der Waals surface area contributed by atoms with Crippen molar-refractivity contribution in [2.45, 2.75) is 38.8 Å². The zero-order chi connectivity index (χ0) is 10.8. The second-order valence-electron chi connectivity index (χ2n) is 4.57. The Morgan fingerprint density at radius 3 is 2.33 bits per heavy atom. The number of hydrogen-bond donors (Lipinski definition) is 1. The Hall–Kier alpha value is -0.340. The lowest BCUT2D eigenvalue weighted by Gasteiger charge is -2.20. The third kappa shape index (κ3) is 3.05. The minimum absolute atomic E-state index is 0.452. The average Bonchev–Trinajstić information content (AvgIpc) is 3.01. The van der Waals surface area contributed by atoms with Crippen molar-refractivity contribution in [2.75, 3.05) is 0 Å². The van der Waals surface area contributed by atoms with E-state index in [0.717, 1.165) is 10.4 Å². The Labute approximate surface area is 100 Å². The lowest BCUT2D eigenvalue weighted by Crippen LogP contribution is -2.30. The Morgan fingerprint density at radius 1 is 1.20 bits per heavy atom. The van der Waals surface area contributed by atoms with Gasteiger partial charge in [0.2, 0.25) is 0 Å². The standard InChI is InChI=1S/C13H18BrN/c1-9(11-3-4-11)15-10(2)12-5-7-13(14)8-6-12/h5-11,15H,3-4H2,1-2H3. The van der Waals surface area contributed by atoms with E-state index in [1.54, 1.807) is 0 Å². The van der Waals surface area contributed by atoms with Crippen molar-refractivity contribution in [1.29, 1.82) is 0 Å². The molecular formula is C13H18BrN. The third-order valence-corrected chi connectivity index (χ3v) is 3.74. The van der Waals surface area contributed by atoms with Gasteiger partial charge >= 0.3 is 0 Å². The SMILES string of the molecule is CC(NC(C)C1CC1)c1ccc(Br)cc1. The van der Waals surface area contributed by atoms with E-state index in [4.69, 9.17) is 0 Å². The first-order valence-electron chi connectivity index (χ1n) is 5.68. The van der Waals surface area contributed by atoms with Crippen LogP contribution in [0.4, 0.5) is 0 Å². The third-order valence-electron chi connectivity index (χ3n) is 3.21. The maximum Gasteiger partial charge on any atom is 0.0294 e. The molecule has 1 N–H and O–H groups in total. The lowest BCUT2D eigenvalue weighted by molar-refractivity contribution is 0.441. The highest BCUT2D eigenvalue weighted by molar-refractivity contribution is 9.10. The van der Waals surface area contributed by atoms with E-state index in [1.807, 2.05) is 0 Å². The molecule has 1 fully saturated rings. The van der Waals surface area contributed by atoms with Gasteiger partial charge < -0.3 is 5.32 Å². The number of rotatable bonds is 4. The van der Waals surface area contributed by atoms with Gasteiger partial charge in [0.05, 0.1) is 0 Å². The van der Waals surface area contributed by atoms with E-state index in [1.165, 1.54) is 18.4 Å². The molecule has 2 atom stereocenters. The first-order chi connectivity index (χ1) is 7.16. The molecule has 2 unspecified atom stereocenters. The van der Waals surface area contributed by atoms with Crippen LogP contribution in [0.25, 0.3) is 0 Å². The Bertz CT molecular complexity index is 316. The summed E-state index contributed by atoms with van der Waals surface area (Å²) < 4.78 is 1.15. The van der Waals surface area contributed by atoms with Crippen LogP contribution in [0.5, 0.6) is 0 Å². The Balaban J connectivity index is 1.94. The quantitative estimate of drug-likeness (QED) is 0.873. The second kappa shape index (κ2) is 4.67. The summed E-state index contributed by atoms with van der Waals surface area (Å²) in [6.45, 7) is 4.54. The monoisotopic (exact) mass is 267 g/mol.